The lowest BCUT2D eigenvalue weighted by Gasteiger charge is -2.35. The maximum Gasteiger partial charge on any atom is 0.0969 e. The summed E-state index contributed by atoms with van der Waals surface area (Å²) >= 11 is 0. The van der Waals surface area contributed by atoms with Crippen LogP contribution in [-0.4, -0.2) is 36.9 Å². The summed E-state index contributed by atoms with van der Waals surface area (Å²) in [7, 11) is 4.38. The molecule has 0 atom stereocenters. The molecule has 0 saturated heterocycles. The Labute approximate surface area is 112 Å². The largest absolute Gasteiger partial charge is 0.387 e. The molecule has 0 radical (unpaired) electrons. The van der Waals surface area contributed by atoms with E-state index in [2.05, 4.69) is 19.0 Å². The normalized spacial score (nSPS) is 25.8. The van der Waals surface area contributed by atoms with Crippen LogP contribution in [0.4, 0.5) is 0 Å². The lowest BCUT2D eigenvalue weighted by molar-refractivity contribution is 0.167. The second-order valence-corrected chi connectivity index (χ2v) is 6.40. The van der Waals surface area contributed by atoms with Crippen molar-refractivity contribution in [3.8, 4) is 0 Å². The lowest BCUT2D eigenvalue weighted by Crippen LogP contribution is -2.45. The molecule has 2 rings (SSSR count). The van der Waals surface area contributed by atoms with Crippen molar-refractivity contribution in [1.82, 2.24) is 4.90 Å². The van der Waals surface area contributed by atoms with Gasteiger partial charge in [-0.25, -0.2) is 0 Å². The minimum absolute atomic E-state index is 0.291. The maximum atomic E-state index is 6.22. The number of aliphatic imine (C=N–C) groups is 1. The number of amidine groups is 1. The first-order valence-electron chi connectivity index (χ1n) is 7.61. The van der Waals surface area contributed by atoms with Crippen molar-refractivity contribution in [2.45, 2.75) is 63.3 Å². The highest BCUT2D eigenvalue weighted by molar-refractivity contribution is 5.82. The van der Waals surface area contributed by atoms with Gasteiger partial charge in [-0.2, -0.15) is 0 Å². The van der Waals surface area contributed by atoms with Crippen LogP contribution in [0.25, 0.3) is 0 Å². The van der Waals surface area contributed by atoms with Gasteiger partial charge in [0.05, 0.1) is 12.4 Å². The van der Waals surface area contributed by atoms with E-state index in [0.717, 1.165) is 12.4 Å². The Morgan fingerprint density at radius 1 is 1.11 bits per heavy atom. The maximum absolute atomic E-state index is 6.22. The van der Waals surface area contributed by atoms with E-state index in [1.54, 1.807) is 0 Å². The molecule has 0 unspecified atom stereocenters. The number of nitrogens with two attached hydrogens (primary N) is 1. The number of hydrogen-bond donors (Lipinski definition) is 1. The standard InChI is InChI=1S/C15H29N3/c1-18(2)15(10-6-7-11-15)12-17-14(16)13-8-4-3-5-9-13/h13H,3-12H2,1-2H3,(H2,16,17). The second-order valence-electron chi connectivity index (χ2n) is 6.40. The minimum Gasteiger partial charge on any atom is -0.387 e. The van der Waals surface area contributed by atoms with Crippen LogP contribution in [0.1, 0.15) is 57.8 Å². The highest BCUT2D eigenvalue weighted by atomic mass is 15.2. The first-order chi connectivity index (χ1) is 8.64. The molecule has 0 aromatic carbocycles. The molecule has 2 fully saturated rings. The van der Waals surface area contributed by atoms with Crippen molar-refractivity contribution in [2.24, 2.45) is 16.6 Å². The third kappa shape index (κ3) is 3.05. The summed E-state index contributed by atoms with van der Waals surface area (Å²) in [6, 6.07) is 0. The van der Waals surface area contributed by atoms with Gasteiger partial charge in [0.2, 0.25) is 0 Å². The Balaban J connectivity index is 1.95. The molecular formula is C15H29N3. The third-order valence-corrected chi connectivity index (χ3v) is 5.06. The van der Waals surface area contributed by atoms with Crippen molar-refractivity contribution in [3.05, 3.63) is 0 Å². The Morgan fingerprint density at radius 3 is 2.28 bits per heavy atom. The second kappa shape index (κ2) is 6.05. The highest BCUT2D eigenvalue weighted by Gasteiger charge is 2.35. The van der Waals surface area contributed by atoms with Crippen LogP contribution in [-0.2, 0) is 0 Å². The zero-order chi connectivity index (χ0) is 13.0. The summed E-state index contributed by atoms with van der Waals surface area (Å²) in [5, 5.41) is 0. The SMILES string of the molecule is CN(C)C1(CN=C(N)C2CCCCC2)CCCC1. The van der Waals surface area contributed by atoms with E-state index in [9.17, 15) is 0 Å². The Kier molecular flexibility index (Phi) is 4.66. The summed E-state index contributed by atoms with van der Waals surface area (Å²) in [5.74, 6) is 1.50. The van der Waals surface area contributed by atoms with Gasteiger partial charge in [-0.1, -0.05) is 32.1 Å². The molecule has 0 aromatic rings. The summed E-state index contributed by atoms with van der Waals surface area (Å²) in [5.41, 5.74) is 6.51. The number of likely N-dealkylation sites (N-methyl/N-ethyl adjacent to an activating group) is 1. The van der Waals surface area contributed by atoms with Crippen LogP contribution in [0.15, 0.2) is 4.99 Å². The topological polar surface area (TPSA) is 41.6 Å². The number of rotatable bonds is 4. The average Bonchev–Trinajstić information content (AvgIpc) is 2.87. The molecular weight excluding hydrogens is 222 g/mol. The molecule has 3 nitrogen and oxygen atoms in total. The molecule has 2 N–H and O–H groups in total. The fourth-order valence-electron chi connectivity index (χ4n) is 3.55. The van der Waals surface area contributed by atoms with Crippen LogP contribution in [0.5, 0.6) is 0 Å². The first-order valence-corrected chi connectivity index (χ1v) is 7.61. The van der Waals surface area contributed by atoms with Crippen molar-refractivity contribution in [2.75, 3.05) is 20.6 Å². The molecule has 0 amide bonds. The van der Waals surface area contributed by atoms with E-state index >= 15 is 0 Å². The van der Waals surface area contributed by atoms with Gasteiger partial charge in [0, 0.05) is 11.5 Å². The zero-order valence-electron chi connectivity index (χ0n) is 12.1. The Hall–Kier alpha value is -0.570. The van der Waals surface area contributed by atoms with E-state index in [4.69, 9.17) is 10.7 Å². The summed E-state index contributed by atoms with van der Waals surface area (Å²) in [4.78, 5) is 7.15. The molecule has 2 saturated carbocycles. The summed E-state index contributed by atoms with van der Waals surface area (Å²) in [6.07, 6.45) is 11.8. The van der Waals surface area contributed by atoms with Gasteiger partial charge >= 0.3 is 0 Å². The van der Waals surface area contributed by atoms with Gasteiger partial charge < -0.3 is 10.6 Å². The number of nitrogens with zero attached hydrogens (tertiary/aromatic N) is 2. The van der Waals surface area contributed by atoms with Crippen molar-refractivity contribution < 1.29 is 0 Å². The van der Waals surface area contributed by atoms with Gasteiger partial charge in [0.25, 0.3) is 0 Å². The monoisotopic (exact) mass is 251 g/mol. The molecule has 0 heterocycles. The van der Waals surface area contributed by atoms with Crippen molar-refractivity contribution >= 4 is 5.84 Å². The molecule has 3 heteroatoms. The molecule has 2 aliphatic rings. The molecule has 2 aliphatic carbocycles. The first kappa shape index (κ1) is 13.9. The van der Waals surface area contributed by atoms with Crippen LogP contribution in [0.3, 0.4) is 0 Å². The van der Waals surface area contributed by atoms with E-state index in [-0.39, 0.29) is 0 Å². The van der Waals surface area contributed by atoms with Crippen LogP contribution >= 0.6 is 0 Å². The van der Waals surface area contributed by atoms with Crippen molar-refractivity contribution in [1.29, 1.82) is 0 Å². The predicted octanol–water partition coefficient (Wildman–Crippen LogP) is 2.80. The predicted molar refractivity (Wildman–Crippen MR) is 78.0 cm³/mol. The molecule has 0 spiro atoms. The molecule has 0 aliphatic heterocycles. The smallest absolute Gasteiger partial charge is 0.0969 e. The molecule has 0 bridgehead atoms. The van der Waals surface area contributed by atoms with Gasteiger partial charge in [0.1, 0.15) is 0 Å². The van der Waals surface area contributed by atoms with Crippen molar-refractivity contribution in [3.63, 3.8) is 0 Å². The fourth-order valence-corrected chi connectivity index (χ4v) is 3.55. The van der Waals surface area contributed by atoms with Gasteiger partial charge in [0.15, 0.2) is 0 Å². The quantitative estimate of drug-likeness (QED) is 0.616. The third-order valence-electron chi connectivity index (χ3n) is 5.06. The van der Waals surface area contributed by atoms with Gasteiger partial charge in [-0.15, -0.1) is 0 Å². The molecule has 104 valence electrons. The Morgan fingerprint density at radius 2 is 1.72 bits per heavy atom. The lowest BCUT2D eigenvalue weighted by atomic mass is 9.88. The van der Waals surface area contributed by atoms with E-state index < -0.39 is 0 Å². The number of hydrogen-bond acceptors (Lipinski definition) is 2. The minimum atomic E-state index is 0.291. The van der Waals surface area contributed by atoms with Gasteiger partial charge in [-0.05, 0) is 39.8 Å². The average molecular weight is 251 g/mol. The van der Waals surface area contributed by atoms with E-state index in [1.165, 1.54) is 57.8 Å². The van der Waals surface area contributed by atoms with Crippen LogP contribution in [0, 0.1) is 5.92 Å². The van der Waals surface area contributed by atoms with E-state index in [0.29, 0.717) is 11.5 Å². The molecule has 0 aromatic heterocycles. The molecule has 18 heavy (non-hydrogen) atoms. The zero-order valence-corrected chi connectivity index (χ0v) is 12.1. The van der Waals surface area contributed by atoms with Crippen LogP contribution in [0.2, 0.25) is 0 Å². The van der Waals surface area contributed by atoms with E-state index in [1.807, 2.05) is 0 Å². The van der Waals surface area contributed by atoms with Gasteiger partial charge in [-0.3, -0.25) is 4.99 Å². The summed E-state index contributed by atoms with van der Waals surface area (Å²) in [6.45, 7) is 0.905. The summed E-state index contributed by atoms with van der Waals surface area (Å²) < 4.78 is 0. The van der Waals surface area contributed by atoms with Crippen LogP contribution < -0.4 is 5.73 Å². The Bertz CT molecular complexity index is 284. The highest BCUT2D eigenvalue weighted by Crippen LogP contribution is 2.34. The fraction of sp³-hybridized carbons (Fsp3) is 0.933.